The third kappa shape index (κ3) is 27000. The largest absolute Gasteiger partial charge is 0.631 e. The molecule has 0 bridgehead atoms. The van der Waals surface area contributed by atoms with Crippen LogP contribution in [0.4, 0.5) is 0 Å². The maximum atomic E-state index is 8.74. The van der Waals surface area contributed by atoms with Crippen molar-refractivity contribution >= 4 is 48.9 Å². The zero-order chi connectivity index (χ0) is 21.6. The molecule has 0 fully saturated rings. The van der Waals surface area contributed by atoms with Gasteiger partial charge in [0.25, 0.3) is 0 Å². The molecule has 152 valence electrons. The van der Waals surface area contributed by atoms with E-state index in [2.05, 4.69) is 0 Å². The summed E-state index contributed by atoms with van der Waals surface area (Å²) in [7, 11) is -20.8. The first kappa shape index (κ1) is 34.7. The maximum absolute atomic E-state index is 8.74. The number of hydrogen-bond donors (Lipinski definition) is 11. The fraction of sp³-hybridized carbons (Fsp3) is 0. The first-order chi connectivity index (χ1) is 9.73. The van der Waals surface area contributed by atoms with E-state index in [4.69, 9.17) is 85.2 Å². The molecule has 24 heteroatoms. The van der Waals surface area contributed by atoms with E-state index in [1.807, 2.05) is 0 Å². The Morgan fingerprint density at radius 2 is 0.375 bits per heavy atom. The molecular formula is H11BO19S4. The van der Waals surface area contributed by atoms with Crippen LogP contribution in [0.25, 0.3) is 0 Å². The second-order valence-electron chi connectivity index (χ2n) is 2.14. The lowest BCUT2D eigenvalue weighted by Gasteiger charge is -1.69. The van der Waals surface area contributed by atoms with Crippen molar-refractivity contribution in [3.63, 3.8) is 0 Å². The van der Waals surface area contributed by atoms with Gasteiger partial charge in [-0.2, -0.15) is 33.7 Å². The van der Waals surface area contributed by atoms with Crippen molar-refractivity contribution in [1.82, 2.24) is 0 Å². The molecule has 0 aliphatic carbocycles. The van der Waals surface area contributed by atoms with Gasteiger partial charge in [0.1, 0.15) is 0 Å². The summed E-state index contributed by atoms with van der Waals surface area (Å²) in [5.74, 6) is 0. The molecule has 0 saturated heterocycles. The van der Waals surface area contributed by atoms with Crippen molar-refractivity contribution in [2.24, 2.45) is 0 Å². The third-order valence-corrected chi connectivity index (χ3v) is 0. The Balaban J connectivity index is -0.0000000628. The summed E-state index contributed by atoms with van der Waals surface area (Å²) >= 11 is 0. The fourth-order valence-corrected chi connectivity index (χ4v) is 0. The Bertz CT molecular complexity index is 514. The quantitative estimate of drug-likeness (QED) is 0.121. The van der Waals surface area contributed by atoms with E-state index < -0.39 is 48.9 Å². The molecule has 0 aromatic heterocycles. The highest BCUT2D eigenvalue weighted by Gasteiger charge is 1.92. The molecule has 0 aliphatic rings. The summed E-state index contributed by atoms with van der Waals surface area (Å²) < 4.78 is 126. The van der Waals surface area contributed by atoms with Crippen molar-refractivity contribution in [3.8, 4) is 0 Å². The molecule has 0 aromatic carbocycles. The molecule has 0 heterocycles. The monoisotopic (exact) mass is 454 g/mol. The molecule has 0 rings (SSSR count). The first-order valence-electron chi connectivity index (χ1n) is 3.57. The van der Waals surface area contributed by atoms with Crippen LogP contribution in [0.1, 0.15) is 0 Å². The van der Waals surface area contributed by atoms with Crippen molar-refractivity contribution in [1.29, 1.82) is 0 Å². The van der Waals surface area contributed by atoms with Crippen LogP contribution in [0.15, 0.2) is 0 Å². The van der Waals surface area contributed by atoms with Crippen LogP contribution in [0.2, 0.25) is 0 Å². The molecule has 0 atom stereocenters. The summed E-state index contributed by atoms with van der Waals surface area (Å²) in [4.78, 5) is 0. The molecule has 19 nitrogen and oxygen atoms in total. The van der Waals surface area contributed by atoms with Crippen LogP contribution >= 0.6 is 0 Å². The summed E-state index contributed by atoms with van der Waals surface area (Å²) in [5, 5.41) is 21.5. The van der Waals surface area contributed by atoms with Gasteiger partial charge in [0.15, 0.2) is 0 Å². The lowest BCUT2D eigenvalue weighted by Crippen LogP contribution is -2.07. The average molecular weight is 454 g/mol. The van der Waals surface area contributed by atoms with Gasteiger partial charge in [-0.05, 0) is 0 Å². The molecule has 0 spiro atoms. The Morgan fingerprint density at radius 3 is 0.375 bits per heavy atom. The molecule has 0 aromatic rings. The van der Waals surface area contributed by atoms with E-state index in [1.165, 1.54) is 0 Å². The van der Waals surface area contributed by atoms with Crippen LogP contribution in [0.5, 0.6) is 0 Å². The SMILES string of the molecule is O=S(=O)(O)O.O=S(=O)(O)O.O=S(=O)(O)O.O=S(=O)(O)O.OB(O)O. The second-order valence-corrected chi connectivity index (χ2v) is 5.72. The highest BCUT2D eigenvalue weighted by molar-refractivity contribution is 7.80. The molecule has 0 radical (unpaired) electrons. The molecule has 24 heavy (non-hydrogen) atoms. The van der Waals surface area contributed by atoms with Gasteiger partial charge in [0.2, 0.25) is 0 Å². The lowest BCUT2D eigenvalue weighted by atomic mass is 10.3. The molecule has 11 N–H and O–H groups in total. The fourth-order valence-electron chi connectivity index (χ4n) is 0. The minimum absolute atomic E-state index is 2.17. The summed E-state index contributed by atoms with van der Waals surface area (Å²) in [6.07, 6.45) is 0. The van der Waals surface area contributed by atoms with E-state index in [-0.39, 0.29) is 0 Å². The molecule has 0 unspecified atom stereocenters. The zero-order valence-corrected chi connectivity index (χ0v) is 13.7. The van der Waals surface area contributed by atoms with Crippen molar-refractivity contribution < 1.29 is 85.2 Å². The van der Waals surface area contributed by atoms with Crippen molar-refractivity contribution in [3.05, 3.63) is 0 Å². The van der Waals surface area contributed by atoms with Crippen LogP contribution in [0, 0.1) is 0 Å². The highest BCUT2D eigenvalue weighted by atomic mass is 32.3. The Labute approximate surface area is 134 Å². The minimum atomic E-state index is -4.67. The van der Waals surface area contributed by atoms with E-state index in [0.29, 0.717) is 0 Å². The minimum Gasteiger partial charge on any atom is -0.402 e. The predicted molar refractivity (Wildman–Crippen MR) is 69.1 cm³/mol. The smallest absolute Gasteiger partial charge is 0.402 e. The Kier molecular flexibility index (Phi) is 21.3. The van der Waals surface area contributed by atoms with Gasteiger partial charge in [-0.1, -0.05) is 0 Å². The van der Waals surface area contributed by atoms with Gasteiger partial charge < -0.3 is 15.1 Å². The maximum Gasteiger partial charge on any atom is 0.631 e. The van der Waals surface area contributed by atoms with Crippen LogP contribution in [0.3, 0.4) is 0 Å². The molecular weight excluding hydrogens is 443 g/mol. The van der Waals surface area contributed by atoms with Crippen LogP contribution in [-0.4, -0.2) is 92.5 Å². The summed E-state index contributed by atoms with van der Waals surface area (Å²) in [5.41, 5.74) is 0. The van der Waals surface area contributed by atoms with Crippen molar-refractivity contribution in [2.45, 2.75) is 0 Å². The second kappa shape index (κ2) is 14.7. The van der Waals surface area contributed by atoms with E-state index in [0.717, 1.165) is 0 Å². The topological polar surface area (TPSA) is 359 Å². The predicted octanol–water partition coefficient (Wildman–Crippen LogP) is -4.66. The van der Waals surface area contributed by atoms with Gasteiger partial charge in [0.05, 0.1) is 0 Å². The van der Waals surface area contributed by atoms with Gasteiger partial charge >= 0.3 is 48.9 Å². The van der Waals surface area contributed by atoms with Crippen LogP contribution in [-0.2, 0) is 41.6 Å². The first-order valence-corrected chi connectivity index (χ1v) is 9.16. The average Bonchev–Trinajstić information content (AvgIpc) is 1.82. The van der Waals surface area contributed by atoms with Crippen LogP contribution < -0.4 is 0 Å². The standard InChI is InChI=1S/BH3O3.4H2O4S/c2-1(3)4;4*1-5(2,3)4/h2-4H;4*(H2,1,2,3,4). The van der Waals surface area contributed by atoms with E-state index >= 15 is 0 Å². The molecule has 0 aliphatic heterocycles. The van der Waals surface area contributed by atoms with Crippen molar-refractivity contribution in [2.75, 3.05) is 0 Å². The van der Waals surface area contributed by atoms with E-state index in [1.54, 1.807) is 0 Å². The Hall–Kier alpha value is -0.575. The van der Waals surface area contributed by atoms with Gasteiger partial charge in [-0.15, -0.1) is 0 Å². The Morgan fingerprint density at radius 1 is 0.375 bits per heavy atom. The lowest BCUT2D eigenvalue weighted by molar-refractivity contribution is 0.278. The summed E-state index contributed by atoms with van der Waals surface area (Å²) in [6, 6.07) is 0. The van der Waals surface area contributed by atoms with Gasteiger partial charge in [0, 0.05) is 0 Å². The number of hydrogen-bond acceptors (Lipinski definition) is 11. The van der Waals surface area contributed by atoms with E-state index in [9.17, 15) is 0 Å². The number of rotatable bonds is 0. The summed E-state index contributed by atoms with van der Waals surface area (Å²) in [6.45, 7) is 0. The van der Waals surface area contributed by atoms with Gasteiger partial charge in [-0.25, -0.2) is 0 Å². The molecule has 0 amide bonds. The molecule has 0 saturated carbocycles. The van der Waals surface area contributed by atoms with Gasteiger partial charge in [-0.3, -0.25) is 36.4 Å². The third-order valence-electron chi connectivity index (χ3n) is 0. The zero-order valence-electron chi connectivity index (χ0n) is 10.4. The normalized spacial score (nSPS) is 10.8. The highest BCUT2D eigenvalue weighted by Crippen LogP contribution is 1.60.